The summed E-state index contributed by atoms with van der Waals surface area (Å²) in [4.78, 5) is 13.2. The van der Waals surface area contributed by atoms with Crippen molar-refractivity contribution in [1.29, 1.82) is 0 Å². The van der Waals surface area contributed by atoms with Gasteiger partial charge in [0, 0.05) is 17.5 Å². The lowest BCUT2D eigenvalue weighted by atomic mass is 9.49. The molecule has 1 amide bonds. The van der Waals surface area contributed by atoms with Gasteiger partial charge in [0.15, 0.2) is 0 Å². The first-order valence-corrected chi connectivity index (χ1v) is 9.90. The highest BCUT2D eigenvalue weighted by atomic mass is 35.5. The maximum atomic E-state index is 13.2. The highest BCUT2D eigenvalue weighted by Crippen LogP contribution is 2.60. The minimum absolute atomic E-state index is 0.113. The first-order chi connectivity index (χ1) is 11.9. The topological polar surface area (TPSA) is 38.3 Å². The van der Waals surface area contributed by atoms with Crippen molar-refractivity contribution in [2.75, 3.05) is 13.7 Å². The van der Waals surface area contributed by atoms with Gasteiger partial charge in [-0.3, -0.25) is 4.79 Å². The SMILES string of the molecule is CO[C@@](C)(CNC(=O)C12CC3CC(CC(C3)C1)C2)c1cccc(Cl)c1. The van der Waals surface area contributed by atoms with Crippen LogP contribution in [0.1, 0.15) is 51.0 Å². The second-order valence-corrected chi connectivity index (χ2v) is 9.26. The summed E-state index contributed by atoms with van der Waals surface area (Å²) >= 11 is 6.14. The molecular formula is C21H28ClNO2. The van der Waals surface area contributed by atoms with Crippen molar-refractivity contribution in [3.63, 3.8) is 0 Å². The molecule has 3 nitrogen and oxygen atoms in total. The van der Waals surface area contributed by atoms with E-state index in [4.69, 9.17) is 16.3 Å². The number of rotatable bonds is 5. The normalized spacial score (nSPS) is 35.4. The molecule has 4 aliphatic carbocycles. The quantitative estimate of drug-likeness (QED) is 0.836. The molecule has 4 fully saturated rings. The van der Waals surface area contributed by atoms with Crippen molar-refractivity contribution in [3.05, 3.63) is 34.9 Å². The van der Waals surface area contributed by atoms with Gasteiger partial charge in [0.1, 0.15) is 5.60 Å². The van der Waals surface area contributed by atoms with E-state index < -0.39 is 5.60 Å². The Balaban J connectivity index is 1.47. The molecule has 1 aromatic rings. The second-order valence-electron chi connectivity index (χ2n) is 8.83. The molecule has 5 rings (SSSR count). The Hall–Kier alpha value is -1.06. The maximum absolute atomic E-state index is 13.2. The smallest absolute Gasteiger partial charge is 0.226 e. The summed E-state index contributed by atoms with van der Waals surface area (Å²) in [5.74, 6) is 2.58. The van der Waals surface area contributed by atoms with Crippen LogP contribution in [0, 0.1) is 23.2 Å². The number of carbonyl (C=O) groups is 1. The molecule has 0 spiro atoms. The first kappa shape index (κ1) is 17.4. The molecule has 0 aromatic heterocycles. The van der Waals surface area contributed by atoms with Gasteiger partial charge in [-0.1, -0.05) is 23.7 Å². The van der Waals surface area contributed by atoms with Crippen LogP contribution in [0.25, 0.3) is 0 Å². The van der Waals surface area contributed by atoms with Crippen LogP contribution in [-0.2, 0) is 15.1 Å². The van der Waals surface area contributed by atoms with Crippen LogP contribution in [0.5, 0.6) is 0 Å². The molecular weight excluding hydrogens is 334 g/mol. The van der Waals surface area contributed by atoms with Gasteiger partial charge in [0.05, 0.1) is 6.54 Å². The number of amides is 1. The zero-order valence-corrected chi connectivity index (χ0v) is 15.9. The second kappa shape index (κ2) is 6.28. The average molecular weight is 362 g/mol. The third kappa shape index (κ3) is 3.10. The van der Waals surface area contributed by atoms with Crippen molar-refractivity contribution in [1.82, 2.24) is 5.32 Å². The Kier molecular flexibility index (Phi) is 4.36. The summed E-state index contributed by atoms with van der Waals surface area (Å²) in [7, 11) is 1.69. The van der Waals surface area contributed by atoms with Crippen LogP contribution in [0.3, 0.4) is 0 Å². The molecule has 4 saturated carbocycles. The minimum Gasteiger partial charge on any atom is -0.372 e. The van der Waals surface area contributed by atoms with Gasteiger partial charge >= 0.3 is 0 Å². The number of nitrogens with one attached hydrogen (secondary N) is 1. The standard InChI is InChI=1S/C21H28ClNO2/c1-20(25-2,17-4-3-5-18(22)9-17)13-23-19(24)21-10-14-6-15(11-21)8-16(7-14)12-21/h3-5,9,14-16H,6-8,10-13H2,1-2H3,(H,23,24)/t14?,15?,16?,20-,21?/m0/s1. The number of methoxy groups -OCH3 is 1. The molecule has 0 aliphatic heterocycles. The molecule has 4 bridgehead atoms. The first-order valence-electron chi connectivity index (χ1n) is 9.52. The van der Waals surface area contributed by atoms with Gasteiger partial charge < -0.3 is 10.1 Å². The Morgan fingerprint density at radius 3 is 2.36 bits per heavy atom. The number of benzene rings is 1. The van der Waals surface area contributed by atoms with E-state index in [1.165, 1.54) is 19.3 Å². The lowest BCUT2D eigenvalue weighted by Crippen LogP contribution is -2.55. The van der Waals surface area contributed by atoms with E-state index in [-0.39, 0.29) is 11.3 Å². The largest absolute Gasteiger partial charge is 0.372 e. The van der Waals surface area contributed by atoms with E-state index in [2.05, 4.69) is 5.32 Å². The van der Waals surface area contributed by atoms with Crippen molar-refractivity contribution < 1.29 is 9.53 Å². The van der Waals surface area contributed by atoms with E-state index in [0.29, 0.717) is 11.6 Å². The van der Waals surface area contributed by atoms with Gasteiger partial charge in [-0.05, 0) is 80.9 Å². The van der Waals surface area contributed by atoms with E-state index in [1.54, 1.807) is 7.11 Å². The van der Waals surface area contributed by atoms with E-state index >= 15 is 0 Å². The molecule has 4 aliphatic rings. The molecule has 1 N–H and O–H groups in total. The molecule has 0 heterocycles. The van der Waals surface area contributed by atoms with Crippen LogP contribution >= 0.6 is 11.6 Å². The molecule has 136 valence electrons. The molecule has 25 heavy (non-hydrogen) atoms. The molecule has 1 atom stereocenters. The fourth-order valence-electron chi connectivity index (χ4n) is 5.93. The summed E-state index contributed by atoms with van der Waals surface area (Å²) in [6.07, 6.45) is 7.32. The van der Waals surface area contributed by atoms with Gasteiger partial charge in [0.25, 0.3) is 0 Å². The monoisotopic (exact) mass is 361 g/mol. The molecule has 0 saturated heterocycles. The third-order valence-corrected chi connectivity index (χ3v) is 7.23. The zero-order valence-electron chi connectivity index (χ0n) is 15.2. The van der Waals surface area contributed by atoms with Gasteiger partial charge in [-0.15, -0.1) is 0 Å². The Labute approximate surface area is 155 Å². The number of carbonyl (C=O) groups excluding carboxylic acids is 1. The van der Waals surface area contributed by atoms with Gasteiger partial charge in [-0.2, -0.15) is 0 Å². The third-order valence-electron chi connectivity index (χ3n) is 6.99. The number of hydrogen-bond donors (Lipinski definition) is 1. The highest BCUT2D eigenvalue weighted by Gasteiger charge is 2.54. The molecule has 0 unspecified atom stereocenters. The van der Waals surface area contributed by atoms with Crippen LogP contribution in [0.2, 0.25) is 5.02 Å². The molecule has 1 aromatic carbocycles. The Morgan fingerprint density at radius 2 is 1.84 bits per heavy atom. The van der Waals surface area contributed by atoms with E-state index in [0.717, 1.165) is 42.6 Å². The summed E-state index contributed by atoms with van der Waals surface area (Å²) in [6, 6.07) is 7.71. The van der Waals surface area contributed by atoms with Crippen LogP contribution in [0.15, 0.2) is 24.3 Å². The summed E-state index contributed by atoms with van der Waals surface area (Å²) in [6.45, 7) is 2.49. The van der Waals surface area contributed by atoms with Crippen molar-refractivity contribution in [3.8, 4) is 0 Å². The fourth-order valence-corrected chi connectivity index (χ4v) is 6.12. The van der Waals surface area contributed by atoms with Crippen LogP contribution in [-0.4, -0.2) is 19.6 Å². The summed E-state index contributed by atoms with van der Waals surface area (Å²) in [5, 5.41) is 3.93. The van der Waals surface area contributed by atoms with Crippen LogP contribution < -0.4 is 5.32 Å². The minimum atomic E-state index is -0.567. The van der Waals surface area contributed by atoms with Crippen LogP contribution in [0.4, 0.5) is 0 Å². The highest BCUT2D eigenvalue weighted by molar-refractivity contribution is 6.30. The summed E-state index contributed by atoms with van der Waals surface area (Å²) < 4.78 is 5.77. The van der Waals surface area contributed by atoms with E-state index in [1.807, 2.05) is 31.2 Å². The Bertz CT molecular complexity index is 638. The predicted molar refractivity (Wildman–Crippen MR) is 99.4 cm³/mol. The number of halogens is 1. The fraction of sp³-hybridized carbons (Fsp3) is 0.667. The van der Waals surface area contributed by atoms with Crippen molar-refractivity contribution >= 4 is 17.5 Å². The maximum Gasteiger partial charge on any atom is 0.226 e. The number of hydrogen-bond acceptors (Lipinski definition) is 2. The van der Waals surface area contributed by atoms with Gasteiger partial charge in [0.2, 0.25) is 5.91 Å². The zero-order chi connectivity index (χ0) is 17.7. The molecule has 0 radical (unpaired) electrons. The van der Waals surface area contributed by atoms with Crippen molar-refractivity contribution in [2.24, 2.45) is 23.2 Å². The summed E-state index contributed by atoms with van der Waals surface area (Å²) in [5.41, 5.74) is 0.314. The lowest BCUT2D eigenvalue weighted by Gasteiger charge is -2.55. The van der Waals surface area contributed by atoms with Crippen molar-refractivity contribution in [2.45, 2.75) is 51.0 Å². The number of ether oxygens (including phenoxy) is 1. The van der Waals surface area contributed by atoms with E-state index in [9.17, 15) is 4.79 Å². The lowest BCUT2D eigenvalue weighted by molar-refractivity contribution is -0.147. The molecule has 4 heteroatoms. The van der Waals surface area contributed by atoms with Gasteiger partial charge in [-0.25, -0.2) is 0 Å². The average Bonchev–Trinajstić information content (AvgIpc) is 2.58. The Morgan fingerprint density at radius 1 is 1.24 bits per heavy atom. The predicted octanol–water partition coefficient (Wildman–Crippen LogP) is 4.53.